The molecule has 1 aliphatic carbocycles. The maximum Gasteiger partial charge on any atom is 0.222 e. The van der Waals surface area contributed by atoms with Crippen molar-refractivity contribution in [3.05, 3.63) is 11.6 Å². The second-order valence-electron chi connectivity index (χ2n) is 5.87. The molecule has 110 valence electrons. The van der Waals surface area contributed by atoms with E-state index < -0.39 is 0 Å². The van der Waals surface area contributed by atoms with Gasteiger partial charge in [-0.2, -0.15) is 0 Å². The van der Waals surface area contributed by atoms with Gasteiger partial charge in [0.25, 0.3) is 0 Å². The van der Waals surface area contributed by atoms with Crippen LogP contribution in [0.2, 0.25) is 0 Å². The Hall–Kier alpha value is -1.10. The second-order valence-corrected chi connectivity index (χ2v) is 6.74. The van der Waals surface area contributed by atoms with E-state index in [1.165, 1.54) is 25.7 Å². The third-order valence-electron chi connectivity index (χ3n) is 4.56. The first-order chi connectivity index (χ1) is 9.83. The molecule has 2 fully saturated rings. The van der Waals surface area contributed by atoms with Crippen LogP contribution in [0, 0.1) is 5.92 Å². The zero-order valence-corrected chi connectivity index (χ0v) is 12.8. The molecule has 1 aromatic heterocycles. The zero-order valence-electron chi connectivity index (χ0n) is 12.0. The minimum atomic E-state index is 0.357. The Labute approximate surface area is 124 Å². The van der Waals surface area contributed by atoms with Gasteiger partial charge in [0.1, 0.15) is 0 Å². The third-order valence-corrected chi connectivity index (χ3v) is 5.40. The summed E-state index contributed by atoms with van der Waals surface area (Å²) in [5.41, 5.74) is 0. The third kappa shape index (κ3) is 3.32. The lowest BCUT2D eigenvalue weighted by atomic mass is 10.0. The summed E-state index contributed by atoms with van der Waals surface area (Å²) in [7, 11) is 0. The molecule has 2 heterocycles. The minimum absolute atomic E-state index is 0.357. The molecule has 0 spiro atoms. The monoisotopic (exact) mass is 293 g/mol. The van der Waals surface area contributed by atoms with Crippen molar-refractivity contribution < 1.29 is 4.79 Å². The first-order valence-electron chi connectivity index (χ1n) is 7.75. The highest BCUT2D eigenvalue weighted by Crippen LogP contribution is 2.28. The fourth-order valence-electron chi connectivity index (χ4n) is 3.30. The number of anilines is 1. The zero-order chi connectivity index (χ0) is 13.8. The summed E-state index contributed by atoms with van der Waals surface area (Å²) < 4.78 is 0. The minimum Gasteiger partial charge on any atom is -0.345 e. The number of piperazine rings is 1. The van der Waals surface area contributed by atoms with E-state index in [1.54, 1.807) is 11.3 Å². The van der Waals surface area contributed by atoms with E-state index in [9.17, 15) is 4.79 Å². The van der Waals surface area contributed by atoms with Gasteiger partial charge in [-0.15, -0.1) is 11.3 Å². The van der Waals surface area contributed by atoms with Gasteiger partial charge in [-0.3, -0.25) is 4.79 Å². The molecule has 20 heavy (non-hydrogen) atoms. The molecule has 0 bridgehead atoms. The lowest BCUT2D eigenvalue weighted by Gasteiger charge is -2.34. The molecule has 0 N–H and O–H groups in total. The van der Waals surface area contributed by atoms with Crippen LogP contribution in [0.1, 0.15) is 38.5 Å². The van der Waals surface area contributed by atoms with Gasteiger partial charge in [-0.05, 0) is 12.3 Å². The van der Waals surface area contributed by atoms with E-state index in [1.807, 2.05) is 16.5 Å². The molecular formula is C15H23N3OS. The highest BCUT2D eigenvalue weighted by molar-refractivity contribution is 7.13. The molecular weight excluding hydrogens is 270 g/mol. The van der Waals surface area contributed by atoms with Gasteiger partial charge >= 0.3 is 0 Å². The van der Waals surface area contributed by atoms with Crippen LogP contribution in [0.4, 0.5) is 5.13 Å². The number of amides is 1. The predicted molar refractivity (Wildman–Crippen MR) is 82.1 cm³/mol. The van der Waals surface area contributed by atoms with Gasteiger partial charge < -0.3 is 9.80 Å². The van der Waals surface area contributed by atoms with Crippen LogP contribution in [0.3, 0.4) is 0 Å². The Kier molecular flexibility index (Phi) is 4.55. The molecule has 2 aliphatic rings. The summed E-state index contributed by atoms with van der Waals surface area (Å²) in [6.45, 7) is 3.54. The number of nitrogens with zero attached hydrogens (tertiary/aromatic N) is 3. The summed E-state index contributed by atoms with van der Waals surface area (Å²) in [5.74, 6) is 1.17. The molecule has 1 aliphatic heterocycles. The molecule has 0 atom stereocenters. The summed E-state index contributed by atoms with van der Waals surface area (Å²) in [6, 6.07) is 0. The summed E-state index contributed by atoms with van der Waals surface area (Å²) >= 11 is 1.68. The van der Waals surface area contributed by atoms with Gasteiger partial charge in [-0.25, -0.2) is 4.98 Å². The van der Waals surface area contributed by atoms with E-state index >= 15 is 0 Å². The number of rotatable bonds is 4. The van der Waals surface area contributed by atoms with E-state index in [0.29, 0.717) is 5.91 Å². The van der Waals surface area contributed by atoms with Crippen LogP contribution in [-0.4, -0.2) is 42.0 Å². The lowest BCUT2D eigenvalue weighted by Crippen LogP contribution is -2.48. The fraction of sp³-hybridized carbons (Fsp3) is 0.733. The van der Waals surface area contributed by atoms with Crippen molar-refractivity contribution in [1.82, 2.24) is 9.88 Å². The van der Waals surface area contributed by atoms with E-state index in [2.05, 4.69) is 9.88 Å². The maximum absolute atomic E-state index is 12.2. The maximum atomic E-state index is 12.2. The molecule has 1 saturated carbocycles. The van der Waals surface area contributed by atoms with Crippen LogP contribution in [0.5, 0.6) is 0 Å². The van der Waals surface area contributed by atoms with Crippen LogP contribution in [0.15, 0.2) is 11.6 Å². The van der Waals surface area contributed by atoms with Gasteiger partial charge in [0, 0.05) is 44.2 Å². The van der Waals surface area contributed by atoms with Crippen molar-refractivity contribution in [2.24, 2.45) is 5.92 Å². The molecule has 1 amide bonds. The number of thiazole rings is 1. The first-order valence-corrected chi connectivity index (χ1v) is 8.63. The topological polar surface area (TPSA) is 36.4 Å². The Bertz CT molecular complexity index is 420. The van der Waals surface area contributed by atoms with Crippen LogP contribution < -0.4 is 4.90 Å². The Morgan fingerprint density at radius 1 is 1.25 bits per heavy atom. The van der Waals surface area contributed by atoms with Crippen LogP contribution in [0.25, 0.3) is 0 Å². The van der Waals surface area contributed by atoms with Crippen molar-refractivity contribution in [3.63, 3.8) is 0 Å². The Morgan fingerprint density at radius 3 is 2.65 bits per heavy atom. The smallest absolute Gasteiger partial charge is 0.222 e. The van der Waals surface area contributed by atoms with Crippen LogP contribution >= 0.6 is 11.3 Å². The van der Waals surface area contributed by atoms with Crippen molar-refractivity contribution in [3.8, 4) is 0 Å². The highest BCUT2D eigenvalue weighted by atomic mass is 32.1. The number of hydrogen-bond acceptors (Lipinski definition) is 4. The highest BCUT2D eigenvalue weighted by Gasteiger charge is 2.23. The lowest BCUT2D eigenvalue weighted by molar-refractivity contribution is -0.131. The number of carbonyl (C=O) groups excluding carboxylic acids is 1. The molecule has 1 saturated heterocycles. The van der Waals surface area contributed by atoms with Gasteiger partial charge in [0.15, 0.2) is 5.13 Å². The average Bonchev–Trinajstić information content (AvgIpc) is 3.18. The standard InChI is InChI=1S/C15H23N3OS/c19-14(6-5-13-3-1-2-4-13)17-8-10-18(11-9-17)15-16-7-12-20-15/h7,12-13H,1-6,8-11H2. The molecule has 0 unspecified atom stereocenters. The fourth-order valence-corrected chi connectivity index (χ4v) is 4.00. The SMILES string of the molecule is O=C(CCC1CCCC1)N1CCN(c2nccs2)CC1. The molecule has 3 rings (SSSR count). The van der Waals surface area contributed by atoms with Crippen molar-refractivity contribution >= 4 is 22.4 Å². The second kappa shape index (κ2) is 6.57. The predicted octanol–water partition coefficient (Wildman–Crippen LogP) is 2.76. The largest absolute Gasteiger partial charge is 0.345 e. The first kappa shape index (κ1) is 13.9. The summed E-state index contributed by atoms with van der Waals surface area (Å²) in [5, 5.41) is 3.09. The number of aromatic nitrogens is 1. The van der Waals surface area contributed by atoms with Gasteiger partial charge in [0.05, 0.1) is 0 Å². The molecule has 0 aromatic carbocycles. The van der Waals surface area contributed by atoms with Crippen LogP contribution in [-0.2, 0) is 4.79 Å². The van der Waals surface area contributed by atoms with Crippen molar-refractivity contribution in [2.45, 2.75) is 38.5 Å². The Morgan fingerprint density at radius 2 is 2.00 bits per heavy atom. The summed E-state index contributed by atoms with van der Waals surface area (Å²) in [6.07, 6.45) is 9.11. The van der Waals surface area contributed by atoms with E-state index in [-0.39, 0.29) is 0 Å². The number of hydrogen-bond donors (Lipinski definition) is 0. The molecule has 1 aromatic rings. The van der Waals surface area contributed by atoms with E-state index in [4.69, 9.17) is 0 Å². The van der Waals surface area contributed by atoms with E-state index in [0.717, 1.165) is 50.1 Å². The quantitative estimate of drug-likeness (QED) is 0.856. The Balaban J connectivity index is 1.42. The number of carbonyl (C=O) groups is 1. The average molecular weight is 293 g/mol. The molecule has 4 nitrogen and oxygen atoms in total. The van der Waals surface area contributed by atoms with Crippen molar-refractivity contribution in [2.75, 3.05) is 31.1 Å². The van der Waals surface area contributed by atoms with Gasteiger partial charge in [0.2, 0.25) is 5.91 Å². The normalized spacial score (nSPS) is 20.6. The summed E-state index contributed by atoms with van der Waals surface area (Å²) in [4.78, 5) is 20.9. The van der Waals surface area contributed by atoms with Gasteiger partial charge in [-0.1, -0.05) is 25.7 Å². The molecule has 5 heteroatoms. The molecule has 0 radical (unpaired) electrons. The van der Waals surface area contributed by atoms with Crippen molar-refractivity contribution in [1.29, 1.82) is 0 Å².